The summed E-state index contributed by atoms with van der Waals surface area (Å²) >= 11 is 0. The molecular weight excluding hydrogens is 334 g/mol. The quantitative estimate of drug-likeness (QED) is 0.837. The van der Waals surface area contributed by atoms with Crippen LogP contribution in [0.2, 0.25) is 0 Å². The first-order valence-electron chi connectivity index (χ1n) is 8.59. The maximum Gasteiger partial charge on any atom is 0.278 e. The molecular formula is C19H23N3O4. The predicted octanol–water partition coefficient (Wildman–Crippen LogP) is 1.80. The first kappa shape index (κ1) is 18.1. The van der Waals surface area contributed by atoms with Crippen LogP contribution in [0.25, 0.3) is 5.69 Å². The highest BCUT2D eigenvalue weighted by Crippen LogP contribution is 2.20. The van der Waals surface area contributed by atoms with E-state index < -0.39 is 0 Å². The zero-order valence-electron chi connectivity index (χ0n) is 15.4. The standard InChI is InChI=1S/C19H23N3O4/c1-12-7-5-6-8-15(12)22-17(23)9-16(25-4)18(20-22)19(24)21-10-13(2)26-14(3)11-21/h5-9,13-14H,10-11H2,1-4H3/t13-,14-/m1/s1. The second-order valence-electron chi connectivity index (χ2n) is 6.57. The van der Waals surface area contributed by atoms with Gasteiger partial charge in [-0.3, -0.25) is 9.59 Å². The Bertz CT molecular complexity index is 867. The summed E-state index contributed by atoms with van der Waals surface area (Å²) in [7, 11) is 1.43. The molecule has 7 nitrogen and oxygen atoms in total. The maximum atomic E-state index is 13.1. The summed E-state index contributed by atoms with van der Waals surface area (Å²) in [4.78, 5) is 27.2. The van der Waals surface area contributed by atoms with Gasteiger partial charge in [-0.25, -0.2) is 0 Å². The number of morpholine rings is 1. The minimum absolute atomic E-state index is 0.0593. The van der Waals surface area contributed by atoms with Gasteiger partial charge in [0.2, 0.25) is 0 Å². The molecule has 0 radical (unpaired) electrons. The number of hydrogen-bond donors (Lipinski definition) is 0. The summed E-state index contributed by atoms with van der Waals surface area (Å²) in [5.41, 5.74) is 1.30. The first-order chi connectivity index (χ1) is 12.4. The Labute approximate surface area is 152 Å². The van der Waals surface area contributed by atoms with Crippen LogP contribution in [-0.2, 0) is 4.74 Å². The highest BCUT2D eigenvalue weighted by atomic mass is 16.5. The Morgan fingerprint density at radius 3 is 2.50 bits per heavy atom. The molecule has 1 amide bonds. The van der Waals surface area contributed by atoms with E-state index in [0.29, 0.717) is 18.8 Å². The lowest BCUT2D eigenvalue weighted by Crippen LogP contribution is -2.48. The van der Waals surface area contributed by atoms with Gasteiger partial charge >= 0.3 is 0 Å². The molecule has 0 saturated carbocycles. The molecule has 2 aromatic rings. The van der Waals surface area contributed by atoms with Crippen LogP contribution in [0.5, 0.6) is 5.75 Å². The molecule has 1 fully saturated rings. The predicted molar refractivity (Wildman–Crippen MR) is 97.0 cm³/mol. The minimum Gasteiger partial charge on any atom is -0.494 e. The van der Waals surface area contributed by atoms with Gasteiger partial charge < -0.3 is 14.4 Å². The number of rotatable bonds is 3. The van der Waals surface area contributed by atoms with E-state index in [0.717, 1.165) is 5.56 Å². The van der Waals surface area contributed by atoms with Crippen molar-refractivity contribution in [2.75, 3.05) is 20.2 Å². The number of carbonyl (C=O) groups is 1. The summed E-state index contributed by atoms with van der Waals surface area (Å²) in [6.45, 7) is 6.68. The van der Waals surface area contributed by atoms with Gasteiger partial charge in [0.05, 0.1) is 31.1 Å². The molecule has 0 aliphatic carbocycles. The van der Waals surface area contributed by atoms with E-state index in [4.69, 9.17) is 9.47 Å². The van der Waals surface area contributed by atoms with Crippen molar-refractivity contribution in [2.24, 2.45) is 0 Å². The maximum absolute atomic E-state index is 13.1. The van der Waals surface area contributed by atoms with Gasteiger partial charge in [0.15, 0.2) is 11.4 Å². The van der Waals surface area contributed by atoms with E-state index in [1.54, 1.807) is 11.0 Å². The number of hydrogen-bond acceptors (Lipinski definition) is 5. The van der Waals surface area contributed by atoms with Gasteiger partial charge in [-0.2, -0.15) is 9.78 Å². The fraction of sp³-hybridized carbons (Fsp3) is 0.421. The van der Waals surface area contributed by atoms with Crippen LogP contribution in [0, 0.1) is 6.92 Å². The van der Waals surface area contributed by atoms with Crippen molar-refractivity contribution in [1.82, 2.24) is 14.7 Å². The molecule has 0 unspecified atom stereocenters. The zero-order chi connectivity index (χ0) is 18.8. The minimum atomic E-state index is -0.351. The molecule has 2 atom stereocenters. The van der Waals surface area contributed by atoms with Gasteiger partial charge in [-0.15, -0.1) is 0 Å². The van der Waals surface area contributed by atoms with Crippen molar-refractivity contribution < 1.29 is 14.3 Å². The van der Waals surface area contributed by atoms with Crippen molar-refractivity contribution in [1.29, 1.82) is 0 Å². The SMILES string of the molecule is COc1cc(=O)n(-c2ccccc2C)nc1C(=O)N1C[C@@H](C)O[C@H](C)C1. The number of nitrogens with zero attached hydrogens (tertiary/aromatic N) is 3. The Balaban J connectivity index is 2.06. The van der Waals surface area contributed by atoms with E-state index >= 15 is 0 Å². The van der Waals surface area contributed by atoms with E-state index in [2.05, 4.69) is 5.10 Å². The zero-order valence-corrected chi connectivity index (χ0v) is 15.4. The van der Waals surface area contributed by atoms with Crippen LogP contribution in [0.15, 0.2) is 35.1 Å². The summed E-state index contributed by atoms with van der Waals surface area (Å²) in [6.07, 6.45) is -0.119. The highest BCUT2D eigenvalue weighted by molar-refractivity contribution is 5.95. The molecule has 1 saturated heterocycles. The lowest BCUT2D eigenvalue weighted by atomic mass is 10.2. The average molecular weight is 357 g/mol. The first-order valence-corrected chi connectivity index (χ1v) is 8.59. The third-order valence-electron chi connectivity index (χ3n) is 4.37. The van der Waals surface area contributed by atoms with Crippen LogP contribution in [0.3, 0.4) is 0 Å². The lowest BCUT2D eigenvalue weighted by Gasteiger charge is -2.35. The molecule has 0 spiro atoms. The number of amides is 1. The third-order valence-corrected chi connectivity index (χ3v) is 4.37. The second-order valence-corrected chi connectivity index (χ2v) is 6.57. The van der Waals surface area contributed by atoms with Gasteiger partial charge in [0, 0.05) is 13.1 Å². The summed E-state index contributed by atoms with van der Waals surface area (Å²) in [6, 6.07) is 8.70. The second kappa shape index (κ2) is 7.29. The van der Waals surface area contributed by atoms with Crippen LogP contribution >= 0.6 is 0 Å². The molecule has 26 heavy (non-hydrogen) atoms. The third kappa shape index (κ3) is 3.48. The molecule has 1 aliphatic rings. The smallest absolute Gasteiger partial charge is 0.278 e. The summed E-state index contributed by atoms with van der Waals surface area (Å²) in [5.74, 6) is -0.0946. The molecule has 0 N–H and O–H groups in total. The van der Waals surface area contributed by atoms with E-state index in [1.165, 1.54) is 17.9 Å². The monoisotopic (exact) mass is 357 g/mol. The Morgan fingerprint density at radius 2 is 1.88 bits per heavy atom. The number of aromatic nitrogens is 2. The average Bonchev–Trinajstić information content (AvgIpc) is 2.60. The number of para-hydroxylation sites is 1. The Kier molecular flexibility index (Phi) is 5.08. The Morgan fingerprint density at radius 1 is 1.23 bits per heavy atom. The summed E-state index contributed by atoms with van der Waals surface area (Å²) < 4.78 is 12.2. The van der Waals surface area contributed by atoms with Crippen LogP contribution in [0.1, 0.15) is 29.9 Å². The van der Waals surface area contributed by atoms with Crippen LogP contribution < -0.4 is 10.3 Å². The number of aryl methyl sites for hydroxylation is 1. The van der Waals surface area contributed by atoms with Crippen molar-refractivity contribution in [3.63, 3.8) is 0 Å². The number of benzene rings is 1. The fourth-order valence-corrected chi connectivity index (χ4v) is 3.21. The van der Waals surface area contributed by atoms with Crippen molar-refractivity contribution >= 4 is 5.91 Å². The van der Waals surface area contributed by atoms with Gasteiger partial charge in [-0.1, -0.05) is 18.2 Å². The van der Waals surface area contributed by atoms with Crippen LogP contribution in [-0.4, -0.2) is 53.0 Å². The number of methoxy groups -OCH3 is 1. The summed E-state index contributed by atoms with van der Waals surface area (Å²) in [5, 5.41) is 4.35. The highest BCUT2D eigenvalue weighted by Gasteiger charge is 2.30. The molecule has 0 bridgehead atoms. The molecule has 138 valence electrons. The molecule has 1 aromatic carbocycles. The molecule has 1 aliphatic heterocycles. The van der Waals surface area contributed by atoms with Crippen molar-refractivity contribution in [3.05, 3.63) is 51.9 Å². The van der Waals surface area contributed by atoms with Crippen LogP contribution in [0.4, 0.5) is 0 Å². The fourth-order valence-electron chi connectivity index (χ4n) is 3.21. The van der Waals surface area contributed by atoms with Gasteiger partial charge in [0.1, 0.15) is 0 Å². The van der Waals surface area contributed by atoms with E-state index in [-0.39, 0.29) is 35.1 Å². The van der Waals surface area contributed by atoms with Crippen molar-refractivity contribution in [2.45, 2.75) is 33.0 Å². The molecule has 2 heterocycles. The Hall–Kier alpha value is -2.67. The largest absolute Gasteiger partial charge is 0.494 e. The van der Waals surface area contributed by atoms with E-state index in [9.17, 15) is 9.59 Å². The molecule has 1 aromatic heterocycles. The molecule has 3 rings (SSSR count). The van der Waals surface area contributed by atoms with Gasteiger partial charge in [-0.05, 0) is 32.4 Å². The number of carbonyl (C=O) groups excluding carboxylic acids is 1. The van der Waals surface area contributed by atoms with Crippen molar-refractivity contribution in [3.8, 4) is 11.4 Å². The van der Waals surface area contributed by atoms with Gasteiger partial charge in [0.25, 0.3) is 11.5 Å². The topological polar surface area (TPSA) is 73.7 Å². The normalized spacial score (nSPS) is 20.1. The van der Waals surface area contributed by atoms with E-state index in [1.807, 2.05) is 39.0 Å². The lowest BCUT2D eigenvalue weighted by molar-refractivity contribution is -0.0588. The molecule has 7 heteroatoms. The number of ether oxygens (including phenoxy) is 2.